The van der Waals surface area contributed by atoms with Crippen molar-refractivity contribution in [1.29, 1.82) is 0 Å². The van der Waals surface area contributed by atoms with Gasteiger partial charge in [-0.15, -0.1) is 0 Å². The predicted octanol–water partition coefficient (Wildman–Crippen LogP) is 20.8. The molecular formula is C72H140O17P2. The van der Waals surface area contributed by atoms with Gasteiger partial charge in [-0.2, -0.15) is 0 Å². The van der Waals surface area contributed by atoms with E-state index >= 15 is 0 Å². The van der Waals surface area contributed by atoms with Gasteiger partial charge in [0.15, 0.2) is 12.2 Å². The third-order valence-corrected chi connectivity index (χ3v) is 19.0. The van der Waals surface area contributed by atoms with Crippen LogP contribution >= 0.6 is 15.6 Å². The Morgan fingerprint density at radius 1 is 0.319 bits per heavy atom. The fraction of sp³-hybridized carbons (Fsp3) is 0.944. The molecule has 0 heterocycles. The van der Waals surface area contributed by atoms with Crippen molar-refractivity contribution in [2.45, 2.75) is 387 Å². The van der Waals surface area contributed by atoms with Crippen molar-refractivity contribution in [2.75, 3.05) is 39.6 Å². The highest BCUT2D eigenvalue weighted by atomic mass is 31.2. The molecule has 0 radical (unpaired) electrons. The van der Waals surface area contributed by atoms with Gasteiger partial charge in [-0.3, -0.25) is 37.3 Å². The maximum atomic E-state index is 13.0. The first-order valence-electron chi connectivity index (χ1n) is 37.5. The molecule has 0 saturated carbocycles. The van der Waals surface area contributed by atoms with Gasteiger partial charge in [-0.1, -0.05) is 318 Å². The van der Waals surface area contributed by atoms with Gasteiger partial charge < -0.3 is 33.8 Å². The monoisotopic (exact) mass is 1340 g/mol. The van der Waals surface area contributed by atoms with E-state index < -0.39 is 97.5 Å². The standard InChI is InChI=1S/C72H140O17P2/c1-7-10-12-14-16-18-19-20-21-22-23-24-25-26-27-28-29-30-38-44-50-56-71(76)88-67(61-83-70(75)55-49-43-37-32-31-35-41-47-53-65(6)9-3)62-86-90(78,79)84-58-66(73)59-85-91(80,81)87-63-68(60-82-69(74)54-48-42-36-17-15-13-11-8-2)89-72(77)57-51-45-39-33-34-40-46-52-64(4)5/h64-68,73H,7-63H2,1-6H3,(H,78,79)(H,80,81)/t65?,66-,67-,68-/m1/s1. The molecule has 0 spiro atoms. The SMILES string of the molecule is CCCCCCCCCCCCCCCCCCCCCCCC(=O)O[C@H](COC(=O)CCCCCCCCCCC(C)CC)COP(=O)(O)OC[C@@H](O)COP(=O)(O)OC[C@@H](COC(=O)CCCCCCCCCC)OC(=O)CCCCCCCCCC(C)C. The van der Waals surface area contributed by atoms with E-state index in [2.05, 4.69) is 41.5 Å². The summed E-state index contributed by atoms with van der Waals surface area (Å²) in [5.74, 6) is -0.655. The number of rotatable bonds is 71. The van der Waals surface area contributed by atoms with Crippen LogP contribution in [0.4, 0.5) is 0 Å². The van der Waals surface area contributed by atoms with Gasteiger partial charge in [0.1, 0.15) is 19.3 Å². The van der Waals surface area contributed by atoms with Crippen LogP contribution in [0.15, 0.2) is 0 Å². The molecule has 0 aromatic heterocycles. The van der Waals surface area contributed by atoms with E-state index in [0.29, 0.717) is 31.6 Å². The zero-order chi connectivity index (χ0) is 67.2. The molecule has 0 rings (SSSR count). The third kappa shape index (κ3) is 65.1. The molecule has 0 amide bonds. The van der Waals surface area contributed by atoms with E-state index in [4.69, 9.17) is 37.0 Å². The average molecular weight is 1340 g/mol. The number of unbranched alkanes of at least 4 members (excludes halogenated alkanes) is 40. The predicted molar refractivity (Wildman–Crippen MR) is 368 cm³/mol. The molecule has 0 aliphatic rings. The zero-order valence-corrected chi connectivity index (χ0v) is 60.9. The van der Waals surface area contributed by atoms with Crippen molar-refractivity contribution in [2.24, 2.45) is 11.8 Å². The lowest BCUT2D eigenvalue weighted by Crippen LogP contribution is -2.30. The van der Waals surface area contributed by atoms with E-state index in [-0.39, 0.29) is 25.7 Å². The first-order chi connectivity index (χ1) is 43.9. The van der Waals surface area contributed by atoms with Gasteiger partial charge in [0, 0.05) is 25.7 Å². The van der Waals surface area contributed by atoms with Gasteiger partial charge in [0.2, 0.25) is 0 Å². The molecule has 17 nitrogen and oxygen atoms in total. The third-order valence-electron chi connectivity index (χ3n) is 17.1. The number of phosphoric acid groups is 2. The molecular weight excluding hydrogens is 1200 g/mol. The van der Waals surface area contributed by atoms with Gasteiger partial charge in [0.25, 0.3) is 0 Å². The Morgan fingerprint density at radius 2 is 0.560 bits per heavy atom. The Bertz CT molecular complexity index is 1770. The van der Waals surface area contributed by atoms with Gasteiger partial charge in [-0.05, 0) is 37.5 Å². The average Bonchev–Trinajstić information content (AvgIpc) is 3.32. The maximum absolute atomic E-state index is 13.0. The van der Waals surface area contributed by atoms with Crippen molar-refractivity contribution in [3.8, 4) is 0 Å². The minimum Gasteiger partial charge on any atom is -0.462 e. The molecule has 6 atom stereocenters. The molecule has 0 fully saturated rings. The van der Waals surface area contributed by atoms with Crippen molar-refractivity contribution in [1.82, 2.24) is 0 Å². The van der Waals surface area contributed by atoms with E-state index in [0.717, 1.165) is 102 Å². The first-order valence-corrected chi connectivity index (χ1v) is 40.5. The topological polar surface area (TPSA) is 237 Å². The Kier molecular flexibility index (Phi) is 62.7. The second-order valence-corrected chi connectivity index (χ2v) is 29.6. The number of carbonyl (C=O) groups is 4. The van der Waals surface area contributed by atoms with E-state index in [1.807, 2.05) is 0 Å². The van der Waals surface area contributed by atoms with Crippen LogP contribution in [-0.2, 0) is 65.4 Å². The van der Waals surface area contributed by atoms with Gasteiger partial charge in [-0.25, -0.2) is 9.13 Å². The minimum absolute atomic E-state index is 0.103. The molecule has 0 aliphatic carbocycles. The number of hydrogen-bond donors (Lipinski definition) is 3. The first kappa shape index (κ1) is 89.1. The highest BCUT2D eigenvalue weighted by molar-refractivity contribution is 7.47. The lowest BCUT2D eigenvalue weighted by atomic mass is 9.99. The summed E-state index contributed by atoms with van der Waals surface area (Å²) in [5.41, 5.74) is 0. The summed E-state index contributed by atoms with van der Waals surface area (Å²) in [6.45, 7) is 9.47. The summed E-state index contributed by atoms with van der Waals surface area (Å²) in [4.78, 5) is 72.5. The van der Waals surface area contributed by atoms with Crippen LogP contribution in [0, 0.1) is 11.8 Å². The number of ether oxygens (including phenoxy) is 4. The molecule has 0 bridgehead atoms. The maximum Gasteiger partial charge on any atom is 0.472 e. The minimum atomic E-state index is -4.95. The Labute approximate surface area is 556 Å². The summed E-state index contributed by atoms with van der Waals surface area (Å²) in [7, 11) is -9.90. The highest BCUT2D eigenvalue weighted by Gasteiger charge is 2.30. The van der Waals surface area contributed by atoms with Crippen LogP contribution < -0.4 is 0 Å². The second kappa shape index (κ2) is 64.1. The van der Waals surface area contributed by atoms with E-state index in [1.165, 1.54) is 180 Å². The summed E-state index contributed by atoms with van der Waals surface area (Å²) in [5, 5.41) is 10.6. The van der Waals surface area contributed by atoms with Gasteiger partial charge >= 0.3 is 39.5 Å². The number of phosphoric ester groups is 2. The molecule has 0 aliphatic heterocycles. The molecule has 0 saturated heterocycles. The lowest BCUT2D eigenvalue weighted by molar-refractivity contribution is -0.161. The largest absolute Gasteiger partial charge is 0.472 e. The number of aliphatic hydroxyl groups is 1. The van der Waals surface area contributed by atoms with Crippen molar-refractivity contribution < 1.29 is 80.2 Å². The quantitative estimate of drug-likeness (QED) is 0.0222. The Hall–Kier alpha value is -1.94. The van der Waals surface area contributed by atoms with Crippen LogP contribution in [0.2, 0.25) is 0 Å². The molecule has 91 heavy (non-hydrogen) atoms. The summed E-state index contributed by atoms with van der Waals surface area (Å²) < 4.78 is 68.2. The zero-order valence-electron chi connectivity index (χ0n) is 59.1. The second-order valence-electron chi connectivity index (χ2n) is 26.7. The summed E-state index contributed by atoms with van der Waals surface area (Å²) in [6, 6.07) is 0. The lowest BCUT2D eigenvalue weighted by Gasteiger charge is -2.21. The van der Waals surface area contributed by atoms with E-state index in [1.54, 1.807) is 0 Å². The summed E-state index contributed by atoms with van der Waals surface area (Å²) >= 11 is 0. The molecule has 3 unspecified atom stereocenters. The van der Waals surface area contributed by atoms with Crippen LogP contribution in [0.25, 0.3) is 0 Å². The molecule has 3 N–H and O–H groups in total. The van der Waals surface area contributed by atoms with Crippen LogP contribution in [-0.4, -0.2) is 96.7 Å². The van der Waals surface area contributed by atoms with Crippen molar-refractivity contribution in [3.05, 3.63) is 0 Å². The smallest absolute Gasteiger partial charge is 0.462 e. The van der Waals surface area contributed by atoms with Crippen LogP contribution in [0.5, 0.6) is 0 Å². The number of esters is 4. The number of carbonyl (C=O) groups excluding carboxylic acids is 4. The van der Waals surface area contributed by atoms with E-state index in [9.17, 15) is 43.2 Å². The number of hydrogen-bond acceptors (Lipinski definition) is 15. The van der Waals surface area contributed by atoms with Crippen LogP contribution in [0.1, 0.15) is 369 Å². The summed E-state index contributed by atoms with van der Waals surface area (Å²) in [6.07, 6.45) is 50.3. The number of aliphatic hydroxyl groups excluding tert-OH is 1. The fourth-order valence-electron chi connectivity index (χ4n) is 10.9. The van der Waals surface area contributed by atoms with Crippen molar-refractivity contribution in [3.63, 3.8) is 0 Å². The Morgan fingerprint density at radius 3 is 0.835 bits per heavy atom. The highest BCUT2D eigenvalue weighted by Crippen LogP contribution is 2.45. The molecule has 19 heteroatoms. The normalized spacial score (nSPS) is 14.4. The van der Waals surface area contributed by atoms with Crippen molar-refractivity contribution >= 4 is 39.5 Å². The van der Waals surface area contributed by atoms with Gasteiger partial charge in [0.05, 0.1) is 26.4 Å². The fourth-order valence-corrected chi connectivity index (χ4v) is 12.5. The van der Waals surface area contributed by atoms with Crippen LogP contribution in [0.3, 0.4) is 0 Å². The molecule has 0 aromatic carbocycles. The molecule has 540 valence electrons. The molecule has 0 aromatic rings. The Balaban J connectivity index is 5.16.